The van der Waals surface area contributed by atoms with Crippen LogP contribution < -0.4 is 10.1 Å². The van der Waals surface area contributed by atoms with Gasteiger partial charge >= 0.3 is 0 Å². The Balaban J connectivity index is 2.24. The fourth-order valence-corrected chi connectivity index (χ4v) is 2.30. The quantitative estimate of drug-likeness (QED) is 0.728. The zero-order chi connectivity index (χ0) is 15.0. The number of ether oxygens (including phenoxy) is 2. The molecule has 0 spiro atoms. The van der Waals surface area contributed by atoms with Gasteiger partial charge in [0, 0.05) is 12.1 Å². The zero-order valence-electron chi connectivity index (χ0n) is 13.0. The summed E-state index contributed by atoms with van der Waals surface area (Å²) in [5.74, 6) is 0.895. The number of hydrogen-bond acceptors (Lipinski definition) is 3. The van der Waals surface area contributed by atoms with Crippen LogP contribution in [0.25, 0.3) is 0 Å². The summed E-state index contributed by atoms with van der Waals surface area (Å²) in [6, 6.07) is 6.19. The number of halogens is 1. The van der Waals surface area contributed by atoms with Crippen molar-refractivity contribution < 1.29 is 9.47 Å². The van der Waals surface area contributed by atoms with Crippen molar-refractivity contribution in [1.29, 1.82) is 0 Å². The van der Waals surface area contributed by atoms with Gasteiger partial charge in [-0.15, -0.1) is 0 Å². The summed E-state index contributed by atoms with van der Waals surface area (Å²) in [6.07, 6.45) is 0.917. The van der Waals surface area contributed by atoms with Crippen molar-refractivity contribution in [3.63, 3.8) is 0 Å². The van der Waals surface area contributed by atoms with E-state index in [1.807, 2.05) is 13.0 Å². The molecule has 0 aliphatic rings. The molecule has 20 heavy (non-hydrogen) atoms. The largest absolute Gasteiger partial charge is 0.493 e. The lowest BCUT2D eigenvalue weighted by Crippen LogP contribution is -2.38. The second-order valence-corrected chi connectivity index (χ2v) is 6.59. The summed E-state index contributed by atoms with van der Waals surface area (Å²) in [6.45, 7) is 11.5. The minimum atomic E-state index is 0.156. The minimum Gasteiger partial charge on any atom is -0.493 e. The number of nitrogens with one attached hydrogen (secondary N) is 1. The molecule has 0 saturated carbocycles. The van der Waals surface area contributed by atoms with Crippen molar-refractivity contribution in [2.45, 2.75) is 39.7 Å². The summed E-state index contributed by atoms with van der Waals surface area (Å²) in [4.78, 5) is 0. The molecule has 0 bridgehead atoms. The Labute approximate surface area is 131 Å². The van der Waals surface area contributed by atoms with Crippen LogP contribution in [0.2, 0.25) is 0 Å². The van der Waals surface area contributed by atoms with E-state index in [2.05, 4.69) is 54.2 Å². The summed E-state index contributed by atoms with van der Waals surface area (Å²) in [7, 11) is 0. The summed E-state index contributed by atoms with van der Waals surface area (Å²) >= 11 is 3.53. The topological polar surface area (TPSA) is 30.5 Å². The van der Waals surface area contributed by atoms with Crippen LogP contribution >= 0.6 is 15.9 Å². The van der Waals surface area contributed by atoms with Crippen molar-refractivity contribution >= 4 is 15.9 Å². The molecule has 0 amide bonds. The first-order chi connectivity index (χ1) is 9.42. The van der Waals surface area contributed by atoms with Crippen LogP contribution in [0.15, 0.2) is 22.7 Å². The molecular weight excluding hydrogens is 318 g/mol. The molecule has 1 rings (SSSR count). The van der Waals surface area contributed by atoms with Gasteiger partial charge in [0.05, 0.1) is 24.3 Å². The number of rotatable bonds is 8. The highest BCUT2D eigenvalue weighted by Gasteiger charge is 2.07. The second kappa shape index (κ2) is 8.65. The maximum atomic E-state index is 5.64. The standard InChI is InChI=1S/C16H26BrNO2/c1-5-20-15-7-6-13(12-14(15)17)8-10-19-11-9-18-16(2,3)4/h6-7,12,18H,5,8-11H2,1-4H3. The third-order valence-corrected chi connectivity index (χ3v) is 3.35. The third-order valence-electron chi connectivity index (χ3n) is 2.73. The van der Waals surface area contributed by atoms with Gasteiger partial charge in [-0.25, -0.2) is 0 Å². The van der Waals surface area contributed by atoms with E-state index in [1.165, 1.54) is 5.56 Å². The highest BCUT2D eigenvalue weighted by molar-refractivity contribution is 9.10. The molecule has 0 radical (unpaired) electrons. The van der Waals surface area contributed by atoms with Crippen molar-refractivity contribution in [3.05, 3.63) is 28.2 Å². The van der Waals surface area contributed by atoms with Gasteiger partial charge in [-0.2, -0.15) is 0 Å². The summed E-state index contributed by atoms with van der Waals surface area (Å²) in [5.41, 5.74) is 1.41. The predicted molar refractivity (Wildman–Crippen MR) is 87.6 cm³/mol. The summed E-state index contributed by atoms with van der Waals surface area (Å²) in [5, 5.41) is 3.40. The van der Waals surface area contributed by atoms with Crippen molar-refractivity contribution in [2.24, 2.45) is 0 Å². The fourth-order valence-electron chi connectivity index (χ4n) is 1.76. The van der Waals surface area contributed by atoms with Gasteiger partial charge in [-0.3, -0.25) is 0 Å². The Morgan fingerprint density at radius 3 is 2.55 bits per heavy atom. The van der Waals surface area contributed by atoms with E-state index in [0.717, 1.165) is 36.4 Å². The van der Waals surface area contributed by atoms with Gasteiger partial charge in [-0.05, 0) is 67.7 Å². The molecule has 0 aromatic heterocycles. The van der Waals surface area contributed by atoms with Crippen LogP contribution in [0, 0.1) is 0 Å². The van der Waals surface area contributed by atoms with E-state index in [1.54, 1.807) is 0 Å². The molecule has 0 heterocycles. The second-order valence-electron chi connectivity index (χ2n) is 5.74. The van der Waals surface area contributed by atoms with Gasteiger partial charge in [0.25, 0.3) is 0 Å². The van der Waals surface area contributed by atoms with Gasteiger partial charge in [0.15, 0.2) is 0 Å². The van der Waals surface area contributed by atoms with Crippen LogP contribution in [0.3, 0.4) is 0 Å². The molecule has 1 aromatic carbocycles. The zero-order valence-corrected chi connectivity index (χ0v) is 14.5. The highest BCUT2D eigenvalue weighted by Crippen LogP contribution is 2.26. The lowest BCUT2D eigenvalue weighted by molar-refractivity contribution is 0.133. The van der Waals surface area contributed by atoms with Crippen LogP contribution in [-0.4, -0.2) is 31.9 Å². The minimum absolute atomic E-state index is 0.156. The smallest absolute Gasteiger partial charge is 0.133 e. The molecule has 0 aliphatic heterocycles. The SMILES string of the molecule is CCOc1ccc(CCOCCNC(C)(C)C)cc1Br. The van der Waals surface area contributed by atoms with Crippen LogP contribution in [0.5, 0.6) is 5.75 Å². The first kappa shape index (κ1) is 17.5. The fraction of sp³-hybridized carbons (Fsp3) is 0.625. The highest BCUT2D eigenvalue weighted by atomic mass is 79.9. The van der Waals surface area contributed by atoms with E-state index >= 15 is 0 Å². The van der Waals surface area contributed by atoms with E-state index in [9.17, 15) is 0 Å². The molecule has 0 atom stereocenters. The third kappa shape index (κ3) is 7.27. The molecule has 0 fully saturated rings. The Hall–Kier alpha value is -0.580. The van der Waals surface area contributed by atoms with Crippen LogP contribution in [-0.2, 0) is 11.2 Å². The normalized spacial score (nSPS) is 11.7. The van der Waals surface area contributed by atoms with Gasteiger partial charge in [-0.1, -0.05) is 6.07 Å². The molecule has 0 aliphatic carbocycles. The summed E-state index contributed by atoms with van der Waals surface area (Å²) < 4.78 is 12.1. The molecule has 1 aromatic rings. The Kier molecular flexibility index (Phi) is 7.56. The number of hydrogen-bond donors (Lipinski definition) is 1. The van der Waals surface area contributed by atoms with E-state index in [0.29, 0.717) is 6.61 Å². The van der Waals surface area contributed by atoms with Crippen molar-refractivity contribution in [3.8, 4) is 5.75 Å². The molecule has 0 unspecified atom stereocenters. The lowest BCUT2D eigenvalue weighted by Gasteiger charge is -2.20. The van der Waals surface area contributed by atoms with Crippen molar-refractivity contribution in [1.82, 2.24) is 5.32 Å². The molecule has 0 saturated heterocycles. The van der Waals surface area contributed by atoms with Crippen LogP contribution in [0.1, 0.15) is 33.3 Å². The number of benzene rings is 1. The van der Waals surface area contributed by atoms with Gasteiger partial charge < -0.3 is 14.8 Å². The van der Waals surface area contributed by atoms with Crippen molar-refractivity contribution in [2.75, 3.05) is 26.4 Å². The first-order valence-corrected chi connectivity index (χ1v) is 7.95. The van der Waals surface area contributed by atoms with Crippen LogP contribution in [0.4, 0.5) is 0 Å². The Bertz CT molecular complexity index is 402. The monoisotopic (exact) mass is 343 g/mol. The first-order valence-electron chi connectivity index (χ1n) is 7.16. The molecule has 114 valence electrons. The van der Waals surface area contributed by atoms with E-state index in [-0.39, 0.29) is 5.54 Å². The maximum absolute atomic E-state index is 5.64. The average Bonchev–Trinajstić information content (AvgIpc) is 2.35. The molecule has 4 heteroatoms. The van der Waals surface area contributed by atoms with Gasteiger partial charge in [0.2, 0.25) is 0 Å². The van der Waals surface area contributed by atoms with Gasteiger partial charge in [0.1, 0.15) is 5.75 Å². The van der Waals surface area contributed by atoms with E-state index in [4.69, 9.17) is 9.47 Å². The lowest BCUT2D eigenvalue weighted by atomic mass is 10.1. The Morgan fingerprint density at radius 1 is 1.20 bits per heavy atom. The molecule has 1 N–H and O–H groups in total. The maximum Gasteiger partial charge on any atom is 0.133 e. The average molecular weight is 344 g/mol. The Morgan fingerprint density at radius 2 is 1.95 bits per heavy atom. The molecule has 3 nitrogen and oxygen atoms in total. The predicted octanol–water partition coefficient (Wildman–Crippen LogP) is 3.80. The van der Waals surface area contributed by atoms with E-state index < -0.39 is 0 Å². The molecular formula is C16H26BrNO2.